The first-order valence-electron chi connectivity index (χ1n) is 4.88. The molecule has 0 aliphatic heterocycles. The van der Waals surface area contributed by atoms with E-state index in [1.165, 1.54) is 7.11 Å². The Balaban J connectivity index is 0. The summed E-state index contributed by atoms with van der Waals surface area (Å²) >= 11 is 3.81. The van der Waals surface area contributed by atoms with Gasteiger partial charge in [0, 0.05) is 1.43 Å². The van der Waals surface area contributed by atoms with Crippen LogP contribution in [0.5, 0.6) is 0 Å². The summed E-state index contributed by atoms with van der Waals surface area (Å²) in [4.78, 5) is 15.3. The number of ether oxygens (including phenoxy) is 2. The zero-order valence-electron chi connectivity index (χ0n) is 9.61. The van der Waals surface area contributed by atoms with Gasteiger partial charge in [-0.05, 0) is 13.3 Å². The van der Waals surface area contributed by atoms with E-state index >= 15 is 0 Å². The lowest BCUT2D eigenvalue weighted by atomic mass is 10.2. The van der Waals surface area contributed by atoms with Crippen LogP contribution in [-0.4, -0.2) is 37.5 Å². The van der Waals surface area contributed by atoms with Gasteiger partial charge in [0.05, 0.1) is 13.7 Å². The topological polar surface area (TPSA) is 83.8 Å². The molecule has 16 heavy (non-hydrogen) atoms. The summed E-state index contributed by atoms with van der Waals surface area (Å²) in [5.74, 6) is -0.491. The van der Waals surface area contributed by atoms with E-state index in [-0.39, 0.29) is 13.2 Å². The summed E-state index contributed by atoms with van der Waals surface area (Å²) in [6.07, 6.45) is 0.477. The SMILES string of the molecule is CCOC(=N)C(=NC(CC)C(=O)OC)NS.[HH]. The van der Waals surface area contributed by atoms with E-state index in [1.807, 2.05) is 0 Å². The van der Waals surface area contributed by atoms with Gasteiger partial charge in [0.15, 0.2) is 5.84 Å². The number of nitrogens with one attached hydrogen (secondary N) is 2. The second-order valence-electron chi connectivity index (χ2n) is 2.80. The highest BCUT2D eigenvalue weighted by molar-refractivity contribution is 7.78. The fourth-order valence-electron chi connectivity index (χ4n) is 0.953. The molecule has 0 aromatic rings. The molecule has 0 radical (unpaired) electrons. The van der Waals surface area contributed by atoms with Gasteiger partial charge in [-0.3, -0.25) is 5.41 Å². The van der Waals surface area contributed by atoms with Crippen molar-refractivity contribution in [2.24, 2.45) is 4.99 Å². The van der Waals surface area contributed by atoms with Crippen molar-refractivity contribution in [1.29, 1.82) is 5.41 Å². The Morgan fingerprint density at radius 1 is 1.62 bits per heavy atom. The highest BCUT2D eigenvalue weighted by Gasteiger charge is 2.18. The van der Waals surface area contributed by atoms with Crippen LogP contribution in [0.25, 0.3) is 0 Å². The Hall–Kier alpha value is -1.24. The number of amidine groups is 1. The molecule has 7 heteroatoms. The minimum Gasteiger partial charge on any atom is -0.476 e. The molecule has 0 saturated carbocycles. The minimum absolute atomic E-state index is 0. The maximum atomic E-state index is 11.3. The summed E-state index contributed by atoms with van der Waals surface area (Å²) in [5, 5.41) is 7.50. The van der Waals surface area contributed by atoms with Crippen LogP contribution in [0.15, 0.2) is 4.99 Å². The van der Waals surface area contributed by atoms with Gasteiger partial charge in [0.25, 0.3) is 0 Å². The number of hydrogen-bond acceptors (Lipinski definition) is 6. The van der Waals surface area contributed by atoms with E-state index in [9.17, 15) is 4.79 Å². The van der Waals surface area contributed by atoms with Crippen molar-refractivity contribution in [2.45, 2.75) is 26.3 Å². The fourth-order valence-corrected chi connectivity index (χ4v) is 1.11. The predicted molar refractivity (Wildman–Crippen MR) is 67.1 cm³/mol. The number of carbonyl (C=O) groups is 1. The van der Waals surface area contributed by atoms with Crippen molar-refractivity contribution in [1.82, 2.24) is 4.72 Å². The average molecular weight is 249 g/mol. The predicted octanol–water partition coefficient (Wildman–Crippen LogP) is 1.03. The van der Waals surface area contributed by atoms with E-state index in [0.29, 0.717) is 13.0 Å². The molecular weight excluding hydrogens is 230 g/mol. The number of rotatable bonds is 4. The summed E-state index contributed by atoms with van der Waals surface area (Å²) in [7, 11) is 1.29. The number of carbonyl (C=O) groups excluding carboxylic acids is 1. The third-order valence-corrected chi connectivity index (χ3v) is 1.97. The Bertz CT molecular complexity index is 287. The molecule has 0 aliphatic rings. The van der Waals surface area contributed by atoms with E-state index < -0.39 is 12.0 Å². The van der Waals surface area contributed by atoms with E-state index in [2.05, 4.69) is 27.3 Å². The number of aliphatic imine (C=N–C) groups is 1. The molecule has 94 valence electrons. The largest absolute Gasteiger partial charge is 0.476 e. The lowest BCUT2D eigenvalue weighted by Gasteiger charge is -2.11. The summed E-state index contributed by atoms with van der Waals surface area (Å²) in [6.45, 7) is 3.90. The van der Waals surface area contributed by atoms with Gasteiger partial charge in [0.2, 0.25) is 5.90 Å². The molecule has 0 saturated heterocycles. The van der Waals surface area contributed by atoms with Gasteiger partial charge in [-0.25, -0.2) is 9.79 Å². The fraction of sp³-hybridized carbons (Fsp3) is 0.667. The molecule has 0 aromatic heterocycles. The van der Waals surface area contributed by atoms with Crippen molar-refractivity contribution < 1.29 is 15.7 Å². The zero-order valence-corrected chi connectivity index (χ0v) is 10.5. The van der Waals surface area contributed by atoms with Crippen LogP contribution in [0.3, 0.4) is 0 Å². The van der Waals surface area contributed by atoms with Gasteiger partial charge in [-0.1, -0.05) is 19.7 Å². The lowest BCUT2D eigenvalue weighted by Crippen LogP contribution is -2.30. The van der Waals surface area contributed by atoms with Crippen LogP contribution in [-0.2, 0) is 14.3 Å². The second kappa shape index (κ2) is 7.98. The summed E-state index contributed by atoms with van der Waals surface area (Å²) in [5.41, 5.74) is 0. The molecule has 1 unspecified atom stereocenters. The third kappa shape index (κ3) is 4.52. The smallest absolute Gasteiger partial charge is 0.330 e. The number of nitrogens with zero attached hydrogens (tertiary/aromatic N) is 1. The van der Waals surface area contributed by atoms with Crippen LogP contribution in [0.2, 0.25) is 0 Å². The Morgan fingerprint density at radius 3 is 2.62 bits per heavy atom. The van der Waals surface area contributed by atoms with Crippen molar-refractivity contribution in [3.63, 3.8) is 0 Å². The number of hydrogen-bond donors (Lipinski definition) is 3. The highest BCUT2D eigenvalue weighted by atomic mass is 32.1. The van der Waals surface area contributed by atoms with Gasteiger partial charge >= 0.3 is 5.97 Å². The Kier molecular flexibility index (Phi) is 7.36. The van der Waals surface area contributed by atoms with Crippen molar-refractivity contribution in [2.75, 3.05) is 13.7 Å². The number of methoxy groups -OCH3 is 1. The van der Waals surface area contributed by atoms with E-state index in [1.54, 1.807) is 13.8 Å². The van der Waals surface area contributed by atoms with Crippen molar-refractivity contribution in [3.05, 3.63) is 0 Å². The molecule has 0 fully saturated rings. The summed E-state index contributed by atoms with van der Waals surface area (Å²) < 4.78 is 11.9. The first-order chi connectivity index (χ1) is 7.60. The Labute approximate surface area is 102 Å². The van der Waals surface area contributed by atoms with Crippen molar-refractivity contribution in [3.8, 4) is 0 Å². The molecule has 0 aliphatic carbocycles. The molecule has 0 heterocycles. The van der Waals surface area contributed by atoms with Gasteiger partial charge in [0.1, 0.15) is 6.04 Å². The van der Waals surface area contributed by atoms with E-state index in [0.717, 1.165) is 0 Å². The molecule has 0 spiro atoms. The Morgan fingerprint density at radius 2 is 2.25 bits per heavy atom. The average Bonchev–Trinajstić information content (AvgIpc) is 2.30. The van der Waals surface area contributed by atoms with E-state index in [4.69, 9.17) is 10.1 Å². The molecule has 0 bridgehead atoms. The normalized spacial score (nSPS) is 12.9. The number of thiol groups is 1. The van der Waals surface area contributed by atoms with Gasteiger partial charge in [-0.2, -0.15) is 0 Å². The monoisotopic (exact) mass is 249 g/mol. The molecule has 1 atom stereocenters. The quantitative estimate of drug-likeness (QED) is 0.301. The lowest BCUT2D eigenvalue weighted by molar-refractivity contribution is -0.142. The zero-order chi connectivity index (χ0) is 12.6. The second-order valence-corrected chi connectivity index (χ2v) is 3.02. The van der Waals surface area contributed by atoms with Gasteiger partial charge < -0.3 is 14.2 Å². The molecular formula is C9H19N3O3S. The van der Waals surface area contributed by atoms with Crippen LogP contribution in [0.1, 0.15) is 21.7 Å². The van der Waals surface area contributed by atoms with Crippen LogP contribution in [0.4, 0.5) is 0 Å². The molecule has 0 amide bonds. The van der Waals surface area contributed by atoms with Gasteiger partial charge in [-0.15, -0.1) is 0 Å². The molecule has 0 rings (SSSR count). The first kappa shape index (κ1) is 14.8. The standard InChI is InChI=1S/C9H17N3O3S.H2/c1-4-6(9(13)14-3)11-8(12-16)7(10)15-5-2;/h6,10,16H,4-5H2,1-3H3,(H,11,12);1H. The molecule has 6 nitrogen and oxygen atoms in total. The number of esters is 1. The first-order valence-corrected chi connectivity index (χ1v) is 5.32. The maximum absolute atomic E-state index is 11.3. The third-order valence-electron chi connectivity index (χ3n) is 1.75. The molecule has 0 aromatic carbocycles. The van der Waals surface area contributed by atoms with Crippen molar-refractivity contribution >= 4 is 30.5 Å². The molecule has 2 N–H and O–H groups in total. The summed E-state index contributed by atoms with van der Waals surface area (Å²) in [6, 6.07) is -0.652. The minimum atomic E-state index is -0.652. The van der Waals surface area contributed by atoms with Crippen LogP contribution in [0, 0.1) is 5.41 Å². The highest BCUT2D eigenvalue weighted by Crippen LogP contribution is 2.01. The van der Waals surface area contributed by atoms with Crippen LogP contribution >= 0.6 is 12.8 Å². The maximum Gasteiger partial charge on any atom is 0.330 e. The van der Waals surface area contributed by atoms with Crippen LogP contribution < -0.4 is 4.72 Å².